The summed E-state index contributed by atoms with van der Waals surface area (Å²) < 4.78 is 5.02. The van der Waals surface area contributed by atoms with Gasteiger partial charge in [0, 0.05) is 0 Å². The van der Waals surface area contributed by atoms with Gasteiger partial charge in [0.05, 0.1) is 6.54 Å². The molecule has 0 aliphatic carbocycles. The lowest BCUT2D eigenvalue weighted by Gasteiger charge is -2.12. The van der Waals surface area contributed by atoms with E-state index in [1.165, 1.54) is 0 Å². The van der Waals surface area contributed by atoms with Crippen molar-refractivity contribution in [2.24, 2.45) is 5.73 Å². The molecule has 1 atom stereocenters. The molecule has 0 aliphatic heterocycles. The number of hydrogen-bond donors (Lipinski definition) is 1. The van der Waals surface area contributed by atoms with Crippen LogP contribution in [0.15, 0.2) is 30.3 Å². The molecular weight excluding hydrogens is 166 g/mol. The van der Waals surface area contributed by atoms with Crippen LogP contribution in [0, 0.1) is 0 Å². The van der Waals surface area contributed by atoms with Crippen molar-refractivity contribution in [1.82, 2.24) is 0 Å². The predicted molar refractivity (Wildman–Crippen MR) is 50.0 cm³/mol. The largest absolute Gasteiger partial charge is 0.457 e. The highest BCUT2D eigenvalue weighted by molar-refractivity contribution is 5.71. The summed E-state index contributed by atoms with van der Waals surface area (Å²) in [5.74, 6) is -0.378. The van der Waals surface area contributed by atoms with Crippen molar-refractivity contribution in [3.05, 3.63) is 35.9 Å². The maximum atomic E-state index is 10.8. The summed E-state index contributed by atoms with van der Waals surface area (Å²) in [6.07, 6.45) is -0.225. The molecule has 0 amide bonds. The maximum absolute atomic E-state index is 10.8. The van der Waals surface area contributed by atoms with Crippen molar-refractivity contribution >= 4 is 5.97 Å². The molecule has 1 aromatic carbocycles. The lowest BCUT2D eigenvalue weighted by molar-refractivity contribution is -0.146. The zero-order chi connectivity index (χ0) is 9.68. The van der Waals surface area contributed by atoms with E-state index in [2.05, 4.69) is 0 Å². The van der Waals surface area contributed by atoms with E-state index in [1.54, 1.807) is 0 Å². The molecule has 3 heteroatoms. The highest BCUT2D eigenvalue weighted by atomic mass is 16.5. The minimum absolute atomic E-state index is 0.0722. The lowest BCUT2D eigenvalue weighted by atomic mass is 10.1. The Morgan fingerprint density at radius 1 is 1.46 bits per heavy atom. The van der Waals surface area contributed by atoms with E-state index in [0.717, 1.165) is 5.56 Å². The van der Waals surface area contributed by atoms with Crippen LogP contribution in [0.5, 0.6) is 0 Å². The molecule has 0 aliphatic rings. The smallest absolute Gasteiger partial charge is 0.320 e. The van der Waals surface area contributed by atoms with Crippen molar-refractivity contribution in [2.45, 2.75) is 13.0 Å². The first-order valence-electron chi connectivity index (χ1n) is 4.18. The van der Waals surface area contributed by atoms with E-state index in [-0.39, 0.29) is 18.6 Å². The minimum Gasteiger partial charge on any atom is -0.457 e. The average molecular weight is 179 g/mol. The number of esters is 1. The van der Waals surface area contributed by atoms with Gasteiger partial charge >= 0.3 is 5.97 Å². The van der Waals surface area contributed by atoms with Gasteiger partial charge in [0.15, 0.2) is 0 Å². The topological polar surface area (TPSA) is 52.3 Å². The third kappa shape index (κ3) is 2.87. The van der Waals surface area contributed by atoms with Gasteiger partial charge in [-0.05, 0) is 12.5 Å². The minimum atomic E-state index is -0.378. The first-order chi connectivity index (χ1) is 6.24. The number of rotatable bonds is 3. The fourth-order valence-corrected chi connectivity index (χ4v) is 1.04. The first-order valence-corrected chi connectivity index (χ1v) is 4.18. The Kier molecular flexibility index (Phi) is 3.46. The van der Waals surface area contributed by atoms with Crippen LogP contribution in [0.25, 0.3) is 0 Å². The van der Waals surface area contributed by atoms with Crippen molar-refractivity contribution in [3.8, 4) is 0 Å². The van der Waals surface area contributed by atoms with Crippen LogP contribution >= 0.6 is 0 Å². The maximum Gasteiger partial charge on any atom is 0.320 e. The Balaban J connectivity index is 2.59. The average Bonchev–Trinajstić information content (AvgIpc) is 2.19. The molecule has 70 valence electrons. The number of ether oxygens (including phenoxy) is 1. The van der Waals surface area contributed by atoms with Crippen LogP contribution in [0.3, 0.4) is 0 Å². The summed E-state index contributed by atoms with van der Waals surface area (Å²) in [6, 6.07) is 9.55. The molecule has 1 unspecified atom stereocenters. The quantitative estimate of drug-likeness (QED) is 0.710. The van der Waals surface area contributed by atoms with Gasteiger partial charge < -0.3 is 10.5 Å². The van der Waals surface area contributed by atoms with E-state index < -0.39 is 0 Å². The van der Waals surface area contributed by atoms with Crippen LogP contribution in [-0.2, 0) is 9.53 Å². The molecule has 0 radical (unpaired) electrons. The summed E-state index contributed by atoms with van der Waals surface area (Å²) in [6.45, 7) is 1.75. The summed E-state index contributed by atoms with van der Waals surface area (Å²) in [5.41, 5.74) is 6.10. The van der Waals surface area contributed by atoms with E-state index in [1.807, 2.05) is 37.3 Å². The lowest BCUT2D eigenvalue weighted by Crippen LogP contribution is -2.18. The molecule has 0 saturated carbocycles. The van der Waals surface area contributed by atoms with Gasteiger partial charge in [0.2, 0.25) is 0 Å². The molecule has 13 heavy (non-hydrogen) atoms. The third-order valence-corrected chi connectivity index (χ3v) is 1.74. The molecule has 0 spiro atoms. The standard InChI is InChI=1S/C10H13NO2/c1-8(13-10(12)7-11)9-5-3-2-4-6-9/h2-6,8H,7,11H2,1H3. The van der Waals surface area contributed by atoms with E-state index in [4.69, 9.17) is 10.5 Å². The second-order valence-electron chi connectivity index (χ2n) is 2.75. The fraction of sp³-hybridized carbons (Fsp3) is 0.300. The summed E-state index contributed by atoms with van der Waals surface area (Å²) in [7, 11) is 0. The third-order valence-electron chi connectivity index (χ3n) is 1.74. The summed E-state index contributed by atoms with van der Waals surface area (Å²) in [5, 5.41) is 0. The van der Waals surface area contributed by atoms with E-state index in [0.29, 0.717) is 0 Å². The number of carbonyl (C=O) groups excluding carboxylic acids is 1. The van der Waals surface area contributed by atoms with Crippen molar-refractivity contribution in [2.75, 3.05) is 6.54 Å². The van der Waals surface area contributed by atoms with E-state index >= 15 is 0 Å². The molecule has 3 nitrogen and oxygen atoms in total. The highest BCUT2D eigenvalue weighted by Crippen LogP contribution is 2.15. The molecular formula is C10H13NO2. The van der Waals surface area contributed by atoms with Gasteiger partial charge in [-0.2, -0.15) is 0 Å². The van der Waals surface area contributed by atoms with Crippen LogP contribution < -0.4 is 5.73 Å². The Hall–Kier alpha value is -1.35. The van der Waals surface area contributed by atoms with Crippen molar-refractivity contribution in [1.29, 1.82) is 0 Å². The normalized spacial score (nSPS) is 12.2. The Labute approximate surface area is 77.5 Å². The zero-order valence-electron chi connectivity index (χ0n) is 7.57. The van der Waals surface area contributed by atoms with Gasteiger partial charge in [-0.1, -0.05) is 30.3 Å². The number of hydrogen-bond acceptors (Lipinski definition) is 3. The van der Waals surface area contributed by atoms with Crippen LogP contribution in [0.1, 0.15) is 18.6 Å². The zero-order valence-corrected chi connectivity index (χ0v) is 7.57. The number of nitrogens with two attached hydrogens (primary N) is 1. The summed E-state index contributed by atoms with van der Waals surface area (Å²) >= 11 is 0. The van der Waals surface area contributed by atoms with Crippen molar-refractivity contribution < 1.29 is 9.53 Å². The SMILES string of the molecule is CC(OC(=O)CN)c1ccccc1. The van der Waals surface area contributed by atoms with Gasteiger partial charge in [-0.25, -0.2) is 0 Å². The molecule has 1 rings (SSSR count). The summed E-state index contributed by atoms with van der Waals surface area (Å²) in [4.78, 5) is 10.8. The number of benzene rings is 1. The fourth-order valence-electron chi connectivity index (χ4n) is 1.04. The first kappa shape index (κ1) is 9.74. The van der Waals surface area contributed by atoms with Gasteiger partial charge in [0.1, 0.15) is 6.10 Å². The second-order valence-corrected chi connectivity index (χ2v) is 2.75. The van der Waals surface area contributed by atoms with E-state index in [9.17, 15) is 4.79 Å². The molecule has 0 aromatic heterocycles. The predicted octanol–water partition coefficient (Wildman–Crippen LogP) is 1.25. The highest BCUT2D eigenvalue weighted by Gasteiger charge is 2.08. The molecule has 1 aromatic rings. The molecule has 0 heterocycles. The Morgan fingerprint density at radius 2 is 2.08 bits per heavy atom. The molecule has 0 saturated heterocycles. The van der Waals surface area contributed by atoms with Crippen LogP contribution in [-0.4, -0.2) is 12.5 Å². The molecule has 2 N–H and O–H groups in total. The van der Waals surface area contributed by atoms with Crippen LogP contribution in [0.2, 0.25) is 0 Å². The Morgan fingerprint density at radius 3 is 2.62 bits per heavy atom. The molecule has 0 fully saturated rings. The monoisotopic (exact) mass is 179 g/mol. The van der Waals surface area contributed by atoms with Crippen LogP contribution in [0.4, 0.5) is 0 Å². The van der Waals surface area contributed by atoms with Crippen molar-refractivity contribution in [3.63, 3.8) is 0 Å². The Bertz CT molecular complexity index is 272. The number of carbonyl (C=O) groups is 1. The van der Waals surface area contributed by atoms with Gasteiger partial charge in [-0.3, -0.25) is 4.79 Å². The van der Waals surface area contributed by atoms with Gasteiger partial charge in [0.25, 0.3) is 0 Å². The second kappa shape index (κ2) is 4.62. The van der Waals surface area contributed by atoms with Gasteiger partial charge in [-0.15, -0.1) is 0 Å². The molecule has 0 bridgehead atoms.